The van der Waals surface area contributed by atoms with Crippen molar-refractivity contribution < 1.29 is 0 Å². The van der Waals surface area contributed by atoms with Crippen LogP contribution in [0.15, 0.2) is 18.2 Å². The summed E-state index contributed by atoms with van der Waals surface area (Å²) in [5, 5.41) is 3.52. The third-order valence-corrected chi connectivity index (χ3v) is 2.88. The van der Waals surface area contributed by atoms with Crippen LogP contribution < -0.4 is 5.32 Å². The second kappa shape index (κ2) is 3.41. The van der Waals surface area contributed by atoms with Crippen LogP contribution in [0.25, 0.3) is 0 Å². The Morgan fingerprint density at radius 3 is 2.77 bits per heavy atom. The van der Waals surface area contributed by atoms with Crippen LogP contribution in [0.3, 0.4) is 0 Å². The molecule has 0 aromatic heterocycles. The fourth-order valence-electron chi connectivity index (χ4n) is 1.52. The van der Waals surface area contributed by atoms with Crippen molar-refractivity contribution in [3.05, 3.63) is 29.3 Å². The van der Waals surface area contributed by atoms with Crippen molar-refractivity contribution in [3.63, 3.8) is 0 Å². The van der Waals surface area contributed by atoms with Crippen molar-refractivity contribution in [2.75, 3.05) is 11.9 Å². The Kier molecular flexibility index (Phi) is 2.26. The van der Waals surface area contributed by atoms with Crippen LogP contribution >= 0.6 is 0 Å². The molecule has 0 atom stereocenters. The van der Waals surface area contributed by atoms with Crippen LogP contribution in [-0.2, 0) is 0 Å². The molecule has 0 unspecified atom stereocenters. The average Bonchev–Trinajstić information content (AvgIpc) is 2.91. The quantitative estimate of drug-likeness (QED) is 0.744. The Morgan fingerprint density at radius 1 is 1.31 bits per heavy atom. The molecule has 1 heteroatoms. The van der Waals surface area contributed by atoms with Crippen LogP contribution in [0.2, 0.25) is 0 Å². The molecular formula is C12H17N. The van der Waals surface area contributed by atoms with Gasteiger partial charge in [-0.15, -0.1) is 0 Å². The molecule has 0 heterocycles. The van der Waals surface area contributed by atoms with Crippen molar-refractivity contribution in [2.24, 2.45) is 5.92 Å². The van der Waals surface area contributed by atoms with Gasteiger partial charge in [0, 0.05) is 12.2 Å². The van der Waals surface area contributed by atoms with E-state index in [9.17, 15) is 0 Å². The molecule has 0 aliphatic heterocycles. The van der Waals surface area contributed by atoms with Gasteiger partial charge in [0.1, 0.15) is 0 Å². The summed E-state index contributed by atoms with van der Waals surface area (Å²) in [5.41, 5.74) is 4.08. The minimum absolute atomic E-state index is 0.944. The second-order valence-corrected chi connectivity index (χ2v) is 4.07. The fraction of sp³-hybridized carbons (Fsp3) is 0.500. The second-order valence-electron chi connectivity index (χ2n) is 4.07. The van der Waals surface area contributed by atoms with Gasteiger partial charge in [0.15, 0.2) is 0 Å². The van der Waals surface area contributed by atoms with Crippen molar-refractivity contribution in [1.82, 2.24) is 0 Å². The Labute approximate surface area is 80.2 Å². The third kappa shape index (κ3) is 2.03. The average molecular weight is 175 g/mol. The molecule has 0 radical (unpaired) electrons. The zero-order chi connectivity index (χ0) is 9.26. The molecule has 13 heavy (non-hydrogen) atoms. The van der Waals surface area contributed by atoms with E-state index in [0.29, 0.717) is 0 Å². The molecule has 0 saturated heterocycles. The number of benzene rings is 1. The van der Waals surface area contributed by atoms with Gasteiger partial charge in [0.25, 0.3) is 0 Å². The molecule has 1 aromatic rings. The molecule has 0 bridgehead atoms. The molecular weight excluding hydrogens is 158 g/mol. The van der Waals surface area contributed by atoms with Gasteiger partial charge in [-0.1, -0.05) is 12.1 Å². The molecule has 1 saturated carbocycles. The highest BCUT2D eigenvalue weighted by Gasteiger charge is 2.20. The van der Waals surface area contributed by atoms with Crippen molar-refractivity contribution in [3.8, 4) is 0 Å². The maximum Gasteiger partial charge on any atom is 0.0372 e. The summed E-state index contributed by atoms with van der Waals surface area (Å²) < 4.78 is 0. The summed E-state index contributed by atoms with van der Waals surface area (Å²) in [4.78, 5) is 0. The molecule has 1 nitrogen and oxygen atoms in total. The summed E-state index contributed by atoms with van der Waals surface area (Å²) in [7, 11) is 0. The zero-order valence-electron chi connectivity index (χ0n) is 8.43. The molecule has 2 rings (SSSR count). The van der Waals surface area contributed by atoms with Crippen LogP contribution in [0.4, 0.5) is 5.69 Å². The monoisotopic (exact) mass is 175 g/mol. The van der Waals surface area contributed by atoms with E-state index in [1.165, 1.54) is 29.7 Å². The number of aryl methyl sites for hydroxylation is 1. The van der Waals surface area contributed by atoms with Crippen molar-refractivity contribution >= 4 is 5.69 Å². The minimum Gasteiger partial charge on any atom is -0.385 e. The summed E-state index contributed by atoms with van der Waals surface area (Å²) in [5.74, 6) is 0.944. The zero-order valence-corrected chi connectivity index (χ0v) is 8.43. The molecule has 1 aliphatic carbocycles. The van der Waals surface area contributed by atoms with E-state index in [1.807, 2.05) is 0 Å². The lowest BCUT2D eigenvalue weighted by Gasteiger charge is -2.10. The summed E-state index contributed by atoms with van der Waals surface area (Å²) in [6.07, 6.45) is 2.83. The van der Waals surface area contributed by atoms with E-state index in [1.54, 1.807) is 0 Å². The first-order valence-corrected chi connectivity index (χ1v) is 5.07. The Bertz CT molecular complexity index is 300. The standard InChI is InChI=1S/C12H17N/c1-9-4-3-5-12(10(9)2)13-8-11-6-7-11/h3-5,11,13H,6-8H2,1-2H3. The first-order chi connectivity index (χ1) is 6.27. The van der Waals surface area contributed by atoms with Crippen molar-refractivity contribution in [1.29, 1.82) is 0 Å². The molecule has 0 spiro atoms. The summed E-state index contributed by atoms with van der Waals surface area (Å²) in [6, 6.07) is 6.46. The van der Waals surface area contributed by atoms with Crippen LogP contribution in [0.5, 0.6) is 0 Å². The van der Waals surface area contributed by atoms with E-state index in [-0.39, 0.29) is 0 Å². The van der Waals surface area contributed by atoms with Gasteiger partial charge in [0.2, 0.25) is 0 Å². The molecule has 70 valence electrons. The first kappa shape index (κ1) is 8.61. The van der Waals surface area contributed by atoms with E-state index in [4.69, 9.17) is 0 Å². The van der Waals surface area contributed by atoms with Gasteiger partial charge < -0.3 is 5.32 Å². The highest BCUT2D eigenvalue weighted by atomic mass is 14.9. The Hall–Kier alpha value is -0.980. The first-order valence-electron chi connectivity index (χ1n) is 5.07. The third-order valence-electron chi connectivity index (χ3n) is 2.88. The number of hydrogen-bond donors (Lipinski definition) is 1. The van der Waals surface area contributed by atoms with Gasteiger partial charge >= 0.3 is 0 Å². The van der Waals surface area contributed by atoms with E-state index in [0.717, 1.165) is 12.5 Å². The van der Waals surface area contributed by atoms with Gasteiger partial charge in [-0.2, -0.15) is 0 Å². The number of nitrogens with one attached hydrogen (secondary N) is 1. The van der Waals surface area contributed by atoms with E-state index < -0.39 is 0 Å². The minimum atomic E-state index is 0.944. The van der Waals surface area contributed by atoms with E-state index in [2.05, 4.69) is 37.4 Å². The van der Waals surface area contributed by atoms with Crippen LogP contribution in [-0.4, -0.2) is 6.54 Å². The van der Waals surface area contributed by atoms with Gasteiger partial charge in [-0.3, -0.25) is 0 Å². The number of hydrogen-bond acceptors (Lipinski definition) is 1. The molecule has 1 aromatic carbocycles. The number of anilines is 1. The van der Waals surface area contributed by atoms with E-state index >= 15 is 0 Å². The molecule has 1 aliphatic rings. The SMILES string of the molecule is Cc1cccc(NCC2CC2)c1C. The predicted octanol–water partition coefficient (Wildman–Crippen LogP) is 3.13. The van der Waals surface area contributed by atoms with Crippen molar-refractivity contribution in [2.45, 2.75) is 26.7 Å². The van der Waals surface area contributed by atoms with Crippen LogP contribution in [0.1, 0.15) is 24.0 Å². The maximum atomic E-state index is 3.52. The highest BCUT2D eigenvalue weighted by Crippen LogP contribution is 2.29. The normalized spacial score (nSPS) is 15.8. The lowest BCUT2D eigenvalue weighted by Crippen LogP contribution is -2.04. The van der Waals surface area contributed by atoms with Crippen LogP contribution in [0, 0.1) is 19.8 Å². The number of rotatable bonds is 3. The molecule has 0 amide bonds. The highest BCUT2D eigenvalue weighted by molar-refractivity contribution is 5.53. The topological polar surface area (TPSA) is 12.0 Å². The Morgan fingerprint density at radius 2 is 2.08 bits per heavy atom. The smallest absolute Gasteiger partial charge is 0.0372 e. The fourth-order valence-corrected chi connectivity index (χ4v) is 1.52. The molecule has 1 fully saturated rings. The largest absolute Gasteiger partial charge is 0.385 e. The molecule has 1 N–H and O–H groups in total. The Balaban J connectivity index is 2.05. The van der Waals surface area contributed by atoms with Gasteiger partial charge in [0.05, 0.1) is 0 Å². The lowest BCUT2D eigenvalue weighted by atomic mass is 10.1. The maximum absolute atomic E-state index is 3.52. The van der Waals surface area contributed by atoms with Gasteiger partial charge in [-0.25, -0.2) is 0 Å². The summed E-state index contributed by atoms with van der Waals surface area (Å²) in [6.45, 7) is 5.51. The van der Waals surface area contributed by atoms with Gasteiger partial charge in [-0.05, 0) is 49.8 Å². The lowest BCUT2D eigenvalue weighted by molar-refractivity contribution is 0.887. The predicted molar refractivity (Wildman–Crippen MR) is 57.1 cm³/mol. The summed E-state index contributed by atoms with van der Waals surface area (Å²) >= 11 is 0.